The second-order valence-corrected chi connectivity index (χ2v) is 6.92. The molecule has 2 N–H and O–H groups in total. The molecule has 0 aliphatic carbocycles. The van der Waals surface area contributed by atoms with Gasteiger partial charge in [-0.15, -0.1) is 0 Å². The highest BCUT2D eigenvalue weighted by atomic mass is 15.1. The van der Waals surface area contributed by atoms with E-state index in [9.17, 15) is 0 Å². The molecular weight excluding hydrogens is 246 g/mol. The number of hydrogen-bond acceptors (Lipinski definition) is 3. The number of nitrogens with zero attached hydrogens (tertiary/aromatic N) is 1. The summed E-state index contributed by atoms with van der Waals surface area (Å²) in [6.07, 6.45) is 9.65. The first kappa shape index (κ1) is 16.3. The van der Waals surface area contributed by atoms with Crippen molar-refractivity contribution in [2.24, 2.45) is 5.92 Å². The number of piperidine rings is 1. The molecule has 3 heteroatoms. The van der Waals surface area contributed by atoms with Crippen LogP contribution in [0, 0.1) is 5.92 Å². The van der Waals surface area contributed by atoms with Gasteiger partial charge in [-0.1, -0.05) is 19.8 Å². The van der Waals surface area contributed by atoms with E-state index in [4.69, 9.17) is 0 Å². The van der Waals surface area contributed by atoms with E-state index in [0.29, 0.717) is 6.04 Å². The van der Waals surface area contributed by atoms with Crippen molar-refractivity contribution < 1.29 is 0 Å². The summed E-state index contributed by atoms with van der Waals surface area (Å²) in [4.78, 5) is 2.58. The highest BCUT2D eigenvalue weighted by molar-refractivity contribution is 4.78. The Bertz CT molecular complexity index is 241. The summed E-state index contributed by atoms with van der Waals surface area (Å²) in [5, 5.41) is 7.51. The quantitative estimate of drug-likeness (QED) is 0.784. The van der Waals surface area contributed by atoms with Crippen LogP contribution >= 0.6 is 0 Å². The van der Waals surface area contributed by atoms with Gasteiger partial charge in [-0.2, -0.15) is 0 Å². The Morgan fingerprint density at radius 2 is 1.95 bits per heavy atom. The predicted molar refractivity (Wildman–Crippen MR) is 87.2 cm³/mol. The fourth-order valence-electron chi connectivity index (χ4n) is 3.69. The van der Waals surface area contributed by atoms with Gasteiger partial charge in [0, 0.05) is 12.1 Å². The first-order valence-corrected chi connectivity index (χ1v) is 8.97. The SMILES string of the molecule is CCN1CCC(CNC(C)CC2CCCCCN2)CC1. The number of hydrogen-bond donors (Lipinski definition) is 2. The number of rotatable bonds is 6. The van der Waals surface area contributed by atoms with E-state index in [1.807, 2.05) is 0 Å². The smallest absolute Gasteiger partial charge is 0.00817 e. The Labute approximate surface area is 125 Å². The molecule has 0 aromatic rings. The Morgan fingerprint density at radius 3 is 2.70 bits per heavy atom. The van der Waals surface area contributed by atoms with Gasteiger partial charge in [-0.3, -0.25) is 0 Å². The summed E-state index contributed by atoms with van der Waals surface area (Å²) in [5.74, 6) is 0.905. The maximum atomic E-state index is 3.79. The molecule has 118 valence electrons. The lowest BCUT2D eigenvalue weighted by molar-refractivity contribution is 0.187. The van der Waals surface area contributed by atoms with Crippen molar-refractivity contribution in [2.75, 3.05) is 32.7 Å². The van der Waals surface area contributed by atoms with E-state index in [0.717, 1.165) is 12.0 Å². The monoisotopic (exact) mass is 281 g/mol. The van der Waals surface area contributed by atoms with Crippen LogP contribution in [-0.4, -0.2) is 49.7 Å². The molecule has 0 radical (unpaired) electrons. The van der Waals surface area contributed by atoms with Crippen LogP contribution in [0.15, 0.2) is 0 Å². The van der Waals surface area contributed by atoms with Gasteiger partial charge < -0.3 is 15.5 Å². The maximum Gasteiger partial charge on any atom is 0.00817 e. The molecule has 2 aliphatic heterocycles. The Hall–Kier alpha value is -0.120. The number of nitrogens with one attached hydrogen (secondary N) is 2. The minimum Gasteiger partial charge on any atom is -0.314 e. The highest BCUT2D eigenvalue weighted by Crippen LogP contribution is 2.17. The third kappa shape index (κ3) is 5.71. The topological polar surface area (TPSA) is 27.3 Å². The third-order valence-corrected chi connectivity index (χ3v) is 5.21. The van der Waals surface area contributed by atoms with Gasteiger partial charge in [0.2, 0.25) is 0 Å². The summed E-state index contributed by atoms with van der Waals surface area (Å²) in [6.45, 7) is 10.9. The molecule has 0 saturated carbocycles. The van der Waals surface area contributed by atoms with Gasteiger partial charge in [0.15, 0.2) is 0 Å². The molecule has 2 atom stereocenters. The Morgan fingerprint density at radius 1 is 1.15 bits per heavy atom. The average molecular weight is 281 g/mol. The second-order valence-electron chi connectivity index (χ2n) is 6.92. The van der Waals surface area contributed by atoms with Gasteiger partial charge in [0.05, 0.1) is 0 Å². The molecule has 0 amide bonds. The van der Waals surface area contributed by atoms with Crippen molar-refractivity contribution in [3.8, 4) is 0 Å². The third-order valence-electron chi connectivity index (χ3n) is 5.21. The van der Waals surface area contributed by atoms with E-state index in [1.54, 1.807) is 0 Å². The zero-order valence-electron chi connectivity index (χ0n) is 13.7. The predicted octanol–water partition coefficient (Wildman–Crippen LogP) is 2.62. The molecule has 2 rings (SSSR count). The molecule has 2 fully saturated rings. The fourth-order valence-corrected chi connectivity index (χ4v) is 3.69. The van der Waals surface area contributed by atoms with Crippen LogP contribution < -0.4 is 10.6 Å². The van der Waals surface area contributed by atoms with Gasteiger partial charge in [-0.05, 0) is 77.7 Å². The van der Waals surface area contributed by atoms with Gasteiger partial charge in [0.25, 0.3) is 0 Å². The van der Waals surface area contributed by atoms with Crippen LogP contribution in [0.2, 0.25) is 0 Å². The first-order valence-electron chi connectivity index (χ1n) is 8.97. The average Bonchev–Trinajstić information content (AvgIpc) is 2.74. The van der Waals surface area contributed by atoms with Gasteiger partial charge in [-0.25, -0.2) is 0 Å². The van der Waals surface area contributed by atoms with E-state index in [-0.39, 0.29) is 0 Å². The summed E-state index contributed by atoms with van der Waals surface area (Å²) in [6, 6.07) is 1.41. The molecule has 2 aliphatic rings. The van der Waals surface area contributed by atoms with E-state index in [1.165, 1.54) is 77.7 Å². The largest absolute Gasteiger partial charge is 0.314 e. The minimum absolute atomic E-state index is 0.662. The van der Waals surface area contributed by atoms with Crippen LogP contribution in [-0.2, 0) is 0 Å². The van der Waals surface area contributed by atoms with Crippen LogP contribution in [0.4, 0.5) is 0 Å². The summed E-state index contributed by atoms with van der Waals surface area (Å²) in [5.41, 5.74) is 0. The van der Waals surface area contributed by atoms with Crippen molar-refractivity contribution in [3.63, 3.8) is 0 Å². The van der Waals surface area contributed by atoms with E-state index >= 15 is 0 Å². The highest BCUT2D eigenvalue weighted by Gasteiger charge is 2.19. The molecule has 0 bridgehead atoms. The lowest BCUT2D eigenvalue weighted by atomic mass is 9.96. The first-order chi connectivity index (χ1) is 9.78. The molecule has 0 aromatic carbocycles. The zero-order valence-corrected chi connectivity index (χ0v) is 13.7. The van der Waals surface area contributed by atoms with Gasteiger partial charge in [0.1, 0.15) is 0 Å². The maximum absolute atomic E-state index is 3.79. The lowest BCUT2D eigenvalue weighted by Crippen LogP contribution is -2.41. The fraction of sp³-hybridized carbons (Fsp3) is 1.00. The van der Waals surface area contributed by atoms with E-state index in [2.05, 4.69) is 29.4 Å². The summed E-state index contributed by atoms with van der Waals surface area (Å²) < 4.78 is 0. The normalized spacial score (nSPS) is 28.2. The zero-order chi connectivity index (χ0) is 14.2. The van der Waals surface area contributed by atoms with Crippen molar-refractivity contribution in [3.05, 3.63) is 0 Å². The second kappa shape index (κ2) is 9.01. The van der Waals surface area contributed by atoms with E-state index < -0.39 is 0 Å². The molecule has 2 unspecified atom stereocenters. The van der Waals surface area contributed by atoms with Crippen LogP contribution in [0.25, 0.3) is 0 Å². The van der Waals surface area contributed by atoms with Crippen molar-refractivity contribution in [2.45, 2.75) is 70.9 Å². The van der Waals surface area contributed by atoms with Crippen LogP contribution in [0.1, 0.15) is 58.8 Å². The summed E-state index contributed by atoms with van der Waals surface area (Å²) >= 11 is 0. The standard InChI is InChI=1S/C17H35N3/c1-3-20-11-8-16(9-12-20)14-19-15(2)13-17-7-5-4-6-10-18-17/h15-19H,3-14H2,1-2H3. The Kier molecular flexibility index (Phi) is 7.32. The van der Waals surface area contributed by atoms with Crippen LogP contribution in [0.5, 0.6) is 0 Å². The van der Waals surface area contributed by atoms with Crippen molar-refractivity contribution >= 4 is 0 Å². The molecule has 0 spiro atoms. The molecule has 2 saturated heterocycles. The molecule has 2 heterocycles. The Balaban J connectivity index is 1.58. The molecule has 0 aromatic heterocycles. The van der Waals surface area contributed by atoms with Crippen LogP contribution in [0.3, 0.4) is 0 Å². The molecular formula is C17H35N3. The summed E-state index contributed by atoms with van der Waals surface area (Å²) in [7, 11) is 0. The minimum atomic E-state index is 0.662. The molecule has 3 nitrogen and oxygen atoms in total. The van der Waals surface area contributed by atoms with Crippen molar-refractivity contribution in [1.82, 2.24) is 15.5 Å². The number of likely N-dealkylation sites (tertiary alicyclic amines) is 1. The van der Waals surface area contributed by atoms with Crippen molar-refractivity contribution in [1.29, 1.82) is 0 Å². The van der Waals surface area contributed by atoms with Gasteiger partial charge >= 0.3 is 0 Å². The molecule has 20 heavy (non-hydrogen) atoms. The lowest BCUT2D eigenvalue weighted by Gasteiger charge is -2.32.